The summed E-state index contributed by atoms with van der Waals surface area (Å²) in [6.45, 7) is 4.51. The summed E-state index contributed by atoms with van der Waals surface area (Å²) in [5, 5.41) is 11.9. The third-order valence-electron chi connectivity index (χ3n) is 4.20. The Balaban J connectivity index is 1.51. The SMILES string of the molecule is Cc1nc2ccccc2n1CCNCc1ccc(C=CC(=O)NO)cc1. The first kappa shape index (κ1) is 17.8. The van der Waals surface area contributed by atoms with E-state index < -0.39 is 5.91 Å². The number of rotatable bonds is 7. The topological polar surface area (TPSA) is 79.2 Å². The van der Waals surface area contributed by atoms with Crippen LogP contribution in [0.3, 0.4) is 0 Å². The predicted molar refractivity (Wildman–Crippen MR) is 102 cm³/mol. The molecule has 0 aliphatic heterocycles. The van der Waals surface area contributed by atoms with Gasteiger partial charge in [-0.15, -0.1) is 0 Å². The molecule has 0 aliphatic rings. The number of hydroxylamine groups is 1. The van der Waals surface area contributed by atoms with Gasteiger partial charge < -0.3 is 9.88 Å². The minimum absolute atomic E-state index is 0.543. The largest absolute Gasteiger partial charge is 0.327 e. The fourth-order valence-electron chi connectivity index (χ4n) is 2.86. The number of hydrogen-bond acceptors (Lipinski definition) is 4. The van der Waals surface area contributed by atoms with Crippen molar-refractivity contribution in [3.8, 4) is 0 Å². The maximum atomic E-state index is 11.0. The van der Waals surface area contributed by atoms with Crippen LogP contribution >= 0.6 is 0 Å². The lowest BCUT2D eigenvalue weighted by Gasteiger charge is -2.09. The number of nitrogens with zero attached hydrogens (tertiary/aromatic N) is 2. The molecule has 3 rings (SSSR count). The first-order valence-electron chi connectivity index (χ1n) is 8.51. The molecule has 3 N–H and O–H groups in total. The molecule has 0 bridgehead atoms. The molecule has 6 nitrogen and oxygen atoms in total. The van der Waals surface area contributed by atoms with Gasteiger partial charge in [-0.05, 0) is 36.3 Å². The van der Waals surface area contributed by atoms with Crippen molar-refractivity contribution in [3.05, 3.63) is 71.6 Å². The zero-order valence-electron chi connectivity index (χ0n) is 14.6. The molecule has 134 valence electrons. The van der Waals surface area contributed by atoms with Crippen LogP contribution in [0.2, 0.25) is 0 Å². The lowest BCUT2D eigenvalue weighted by molar-refractivity contribution is -0.124. The lowest BCUT2D eigenvalue weighted by atomic mass is 10.1. The van der Waals surface area contributed by atoms with Crippen LogP contribution < -0.4 is 10.8 Å². The predicted octanol–water partition coefficient (Wildman–Crippen LogP) is 2.65. The first-order chi connectivity index (χ1) is 12.7. The number of amides is 1. The number of carbonyl (C=O) groups is 1. The number of aromatic nitrogens is 2. The molecule has 0 fully saturated rings. The van der Waals surface area contributed by atoms with Crippen molar-refractivity contribution in [3.63, 3.8) is 0 Å². The van der Waals surface area contributed by atoms with Gasteiger partial charge in [-0.3, -0.25) is 10.0 Å². The van der Waals surface area contributed by atoms with E-state index in [4.69, 9.17) is 5.21 Å². The van der Waals surface area contributed by atoms with Gasteiger partial charge in [0, 0.05) is 25.7 Å². The highest BCUT2D eigenvalue weighted by molar-refractivity contribution is 5.90. The van der Waals surface area contributed by atoms with E-state index in [1.54, 1.807) is 11.6 Å². The molecule has 0 saturated carbocycles. The molecule has 0 unspecified atom stereocenters. The van der Waals surface area contributed by atoms with E-state index in [0.29, 0.717) is 0 Å². The zero-order chi connectivity index (χ0) is 18.4. The number of para-hydroxylation sites is 2. The lowest BCUT2D eigenvalue weighted by Crippen LogP contribution is -2.20. The highest BCUT2D eigenvalue weighted by Crippen LogP contribution is 2.14. The number of fused-ring (bicyclic) bond motifs is 1. The molecule has 26 heavy (non-hydrogen) atoms. The van der Waals surface area contributed by atoms with Crippen molar-refractivity contribution in [1.29, 1.82) is 0 Å². The van der Waals surface area contributed by atoms with Gasteiger partial charge in [0.25, 0.3) is 5.91 Å². The molecular weight excluding hydrogens is 328 g/mol. The molecule has 1 aromatic heterocycles. The quantitative estimate of drug-likeness (QED) is 0.265. The third kappa shape index (κ3) is 4.36. The maximum Gasteiger partial charge on any atom is 0.267 e. The Bertz CT molecular complexity index is 913. The van der Waals surface area contributed by atoms with Crippen LogP contribution in [0.1, 0.15) is 17.0 Å². The summed E-state index contributed by atoms with van der Waals surface area (Å²) in [4.78, 5) is 15.5. The molecule has 0 radical (unpaired) electrons. The Morgan fingerprint density at radius 1 is 1.19 bits per heavy atom. The molecule has 2 aromatic carbocycles. The van der Waals surface area contributed by atoms with Crippen molar-refractivity contribution in [2.75, 3.05) is 6.54 Å². The van der Waals surface area contributed by atoms with Crippen LogP contribution in [0.5, 0.6) is 0 Å². The van der Waals surface area contributed by atoms with E-state index in [-0.39, 0.29) is 0 Å². The third-order valence-corrected chi connectivity index (χ3v) is 4.20. The van der Waals surface area contributed by atoms with Crippen LogP contribution in [0.4, 0.5) is 0 Å². The van der Waals surface area contributed by atoms with E-state index in [0.717, 1.165) is 42.1 Å². The molecule has 6 heteroatoms. The van der Waals surface area contributed by atoms with Crippen molar-refractivity contribution in [1.82, 2.24) is 20.3 Å². The van der Waals surface area contributed by atoms with E-state index in [1.165, 1.54) is 11.6 Å². The van der Waals surface area contributed by atoms with Crippen molar-refractivity contribution >= 4 is 23.0 Å². The summed E-state index contributed by atoms with van der Waals surface area (Å²) in [5.41, 5.74) is 5.83. The normalized spacial score (nSPS) is 11.3. The second-order valence-corrected chi connectivity index (χ2v) is 6.03. The molecule has 0 atom stereocenters. The number of hydrogen-bond donors (Lipinski definition) is 3. The van der Waals surface area contributed by atoms with Crippen LogP contribution in [0, 0.1) is 6.92 Å². The number of nitrogens with one attached hydrogen (secondary N) is 2. The van der Waals surface area contributed by atoms with Crippen molar-refractivity contribution < 1.29 is 10.0 Å². The Kier molecular flexibility index (Phi) is 5.78. The summed E-state index contributed by atoms with van der Waals surface area (Å²) in [7, 11) is 0. The van der Waals surface area contributed by atoms with Crippen molar-refractivity contribution in [2.24, 2.45) is 0 Å². The fourth-order valence-corrected chi connectivity index (χ4v) is 2.86. The highest BCUT2D eigenvalue weighted by Gasteiger charge is 2.05. The fraction of sp³-hybridized carbons (Fsp3) is 0.200. The molecule has 1 heterocycles. The number of carbonyl (C=O) groups excluding carboxylic acids is 1. The van der Waals surface area contributed by atoms with Crippen LogP contribution in [-0.4, -0.2) is 27.2 Å². The Morgan fingerprint density at radius 2 is 1.96 bits per heavy atom. The van der Waals surface area contributed by atoms with E-state index in [1.807, 2.05) is 49.4 Å². The van der Waals surface area contributed by atoms with Gasteiger partial charge in [0.15, 0.2) is 0 Å². The average molecular weight is 350 g/mol. The number of aryl methyl sites for hydroxylation is 1. The Morgan fingerprint density at radius 3 is 2.73 bits per heavy atom. The first-order valence-corrected chi connectivity index (χ1v) is 8.51. The average Bonchev–Trinajstić information content (AvgIpc) is 2.99. The number of imidazole rings is 1. The monoisotopic (exact) mass is 350 g/mol. The Hall–Kier alpha value is -2.96. The highest BCUT2D eigenvalue weighted by atomic mass is 16.5. The minimum Gasteiger partial charge on any atom is -0.327 e. The summed E-state index contributed by atoms with van der Waals surface area (Å²) in [5.74, 6) is 0.481. The standard InChI is InChI=1S/C20H22N4O2/c1-15-22-18-4-2-3-5-19(18)24(15)13-12-21-14-17-8-6-16(7-9-17)10-11-20(25)23-26/h2-11,21,26H,12-14H2,1H3,(H,23,25). The van der Waals surface area contributed by atoms with Crippen LogP contribution in [0.15, 0.2) is 54.6 Å². The van der Waals surface area contributed by atoms with Gasteiger partial charge in [0.2, 0.25) is 0 Å². The smallest absolute Gasteiger partial charge is 0.267 e. The molecule has 0 spiro atoms. The number of benzene rings is 2. The maximum absolute atomic E-state index is 11.0. The molecule has 0 aliphatic carbocycles. The molecular formula is C20H22N4O2. The molecule has 0 saturated heterocycles. The minimum atomic E-state index is -0.543. The van der Waals surface area contributed by atoms with Crippen LogP contribution in [-0.2, 0) is 17.9 Å². The van der Waals surface area contributed by atoms with Gasteiger partial charge in [0.05, 0.1) is 11.0 Å². The summed E-state index contributed by atoms with van der Waals surface area (Å²) >= 11 is 0. The van der Waals surface area contributed by atoms with Crippen molar-refractivity contribution in [2.45, 2.75) is 20.0 Å². The van der Waals surface area contributed by atoms with Gasteiger partial charge in [-0.2, -0.15) is 0 Å². The van der Waals surface area contributed by atoms with E-state index in [2.05, 4.69) is 20.9 Å². The van der Waals surface area contributed by atoms with Gasteiger partial charge >= 0.3 is 0 Å². The zero-order valence-corrected chi connectivity index (χ0v) is 14.6. The summed E-state index contributed by atoms with van der Waals surface area (Å²) in [6, 6.07) is 16.1. The van der Waals surface area contributed by atoms with Crippen LogP contribution in [0.25, 0.3) is 17.1 Å². The van der Waals surface area contributed by atoms with Gasteiger partial charge in [-0.1, -0.05) is 36.4 Å². The van der Waals surface area contributed by atoms with Gasteiger partial charge in [-0.25, -0.2) is 10.5 Å². The van der Waals surface area contributed by atoms with E-state index >= 15 is 0 Å². The van der Waals surface area contributed by atoms with E-state index in [9.17, 15) is 4.79 Å². The second kappa shape index (κ2) is 8.42. The van der Waals surface area contributed by atoms with Gasteiger partial charge in [0.1, 0.15) is 5.82 Å². The second-order valence-electron chi connectivity index (χ2n) is 6.03. The molecule has 3 aromatic rings. The molecule has 1 amide bonds. The Labute approximate surface area is 152 Å². The summed E-state index contributed by atoms with van der Waals surface area (Å²) in [6.07, 6.45) is 2.93. The summed E-state index contributed by atoms with van der Waals surface area (Å²) < 4.78 is 2.22.